The molecule has 2 heterocycles. The number of rotatable bonds is 2. The highest BCUT2D eigenvalue weighted by Gasteiger charge is 2.18. The van der Waals surface area contributed by atoms with E-state index in [1.54, 1.807) is 0 Å². The maximum absolute atomic E-state index is 12.3. The van der Waals surface area contributed by atoms with Crippen LogP contribution in [0, 0.1) is 5.92 Å². The van der Waals surface area contributed by atoms with Gasteiger partial charge in [0.05, 0.1) is 5.39 Å². The topological polar surface area (TPSA) is 85.1 Å². The van der Waals surface area contributed by atoms with Crippen molar-refractivity contribution >= 4 is 17.0 Å². The van der Waals surface area contributed by atoms with Crippen molar-refractivity contribution in [2.75, 3.05) is 0 Å². The molecule has 6 heteroatoms. The van der Waals surface area contributed by atoms with Crippen molar-refractivity contribution in [3.63, 3.8) is 0 Å². The van der Waals surface area contributed by atoms with Gasteiger partial charge in [0.15, 0.2) is 5.65 Å². The first-order valence-corrected chi connectivity index (χ1v) is 6.64. The van der Waals surface area contributed by atoms with Gasteiger partial charge < -0.3 is 5.11 Å². The highest BCUT2D eigenvalue weighted by atomic mass is 16.4. The minimum absolute atomic E-state index is 0.342. The number of hydrogen-bond acceptors (Lipinski definition) is 4. The minimum atomic E-state index is -1.06. The second kappa shape index (κ2) is 4.70. The van der Waals surface area contributed by atoms with Crippen LogP contribution >= 0.6 is 0 Å². The summed E-state index contributed by atoms with van der Waals surface area (Å²) < 4.78 is 1.10. The van der Waals surface area contributed by atoms with E-state index in [0.29, 0.717) is 17.0 Å². The van der Waals surface area contributed by atoms with Gasteiger partial charge in [-0.15, -0.1) is 0 Å². The summed E-state index contributed by atoms with van der Waals surface area (Å²) >= 11 is 0. The van der Waals surface area contributed by atoms with Crippen LogP contribution in [-0.4, -0.2) is 25.6 Å². The lowest BCUT2D eigenvalue weighted by atomic mass is 9.87. The molecule has 0 bridgehead atoms. The number of carboxylic acid groups (broad SMARTS) is 1. The summed E-state index contributed by atoms with van der Waals surface area (Å²) in [7, 11) is 0. The number of pyridine rings is 1. The van der Waals surface area contributed by atoms with E-state index < -0.39 is 5.97 Å². The zero-order valence-corrected chi connectivity index (χ0v) is 11.2. The molecular weight excluding hydrogens is 258 g/mol. The molecule has 6 nitrogen and oxygen atoms in total. The van der Waals surface area contributed by atoms with Gasteiger partial charge in [0.25, 0.3) is 5.56 Å². The predicted molar refractivity (Wildman–Crippen MR) is 72.6 cm³/mol. The average molecular weight is 273 g/mol. The Hall–Kier alpha value is -2.24. The van der Waals surface area contributed by atoms with Gasteiger partial charge >= 0.3 is 5.97 Å². The van der Waals surface area contributed by atoms with Crippen LogP contribution in [0.25, 0.3) is 11.0 Å². The van der Waals surface area contributed by atoms with Crippen LogP contribution < -0.4 is 5.56 Å². The third-order valence-corrected chi connectivity index (χ3v) is 3.73. The summed E-state index contributed by atoms with van der Waals surface area (Å²) in [5, 5.41) is 9.19. The molecule has 0 saturated carbocycles. The average Bonchev–Trinajstić information content (AvgIpc) is 2.40. The Balaban J connectivity index is 2.17. The van der Waals surface area contributed by atoms with E-state index in [2.05, 4.69) is 16.9 Å². The number of hydrogen-bond donors (Lipinski definition) is 1. The lowest BCUT2D eigenvalue weighted by Gasteiger charge is -2.20. The smallest absolute Gasteiger partial charge is 0.323 e. The lowest BCUT2D eigenvalue weighted by molar-refractivity contribution is -0.137. The Morgan fingerprint density at radius 3 is 3.10 bits per heavy atom. The molecule has 1 N–H and O–H groups in total. The zero-order valence-electron chi connectivity index (χ0n) is 11.2. The fraction of sp³-hybridized carbons (Fsp3) is 0.429. The highest BCUT2D eigenvalue weighted by molar-refractivity contribution is 5.75. The molecule has 3 rings (SSSR count). The van der Waals surface area contributed by atoms with Gasteiger partial charge in [0, 0.05) is 5.69 Å². The molecule has 0 saturated heterocycles. The highest BCUT2D eigenvalue weighted by Crippen LogP contribution is 2.25. The molecule has 2 aromatic rings. The van der Waals surface area contributed by atoms with Gasteiger partial charge in [-0.05, 0) is 36.8 Å². The Kier molecular flexibility index (Phi) is 3.00. The van der Waals surface area contributed by atoms with Crippen LogP contribution in [0.4, 0.5) is 0 Å². The number of nitrogens with zero attached hydrogens (tertiary/aromatic N) is 3. The molecule has 0 radical (unpaired) electrons. The van der Waals surface area contributed by atoms with Gasteiger partial charge in [-0.1, -0.05) is 6.92 Å². The number of aromatic nitrogens is 3. The van der Waals surface area contributed by atoms with Crippen molar-refractivity contribution in [2.24, 2.45) is 5.92 Å². The molecule has 0 fully saturated rings. The number of aryl methyl sites for hydroxylation is 1. The van der Waals surface area contributed by atoms with Gasteiger partial charge in [-0.3, -0.25) is 14.2 Å². The molecule has 1 atom stereocenters. The zero-order chi connectivity index (χ0) is 14.3. The Morgan fingerprint density at radius 2 is 2.35 bits per heavy atom. The molecule has 0 aliphatic heterocycles. The first-order chi connectivity index (χ1) is 9.54. The van der Waals surface area contributed by atoms with E-state index in [0.717, 1.165) is 35.1 Å². The molecule has 0 amide bonds. The second-order valence-corrected chi connectivity index (χ2v) is 5.38. The third kappa shape index (κ3) is 2.17. The molecule has 0 spiro atoms. The third-order valence-electron chi connectivity index (χ3n) is 3.73. The van der Waals surface area contributed by atoms with E-state index in [-0.39, 0.29) is 12.1 Å². The molecule has 1 aliphatic carbocycles. The minimum Gasteiger partial charge on any atom is -0.480 e. The van der Waals surface area contributed by atoms with E-state index in [1.165, 1.54) is 6.33 Å². The van der Waals surface area contributed by atoms with Crippen molar-refractivity contribution in [2.45, 2.75) is 32.7 Å². The molecule has 20 heavy (non-hydrogen) atoms. The maximum Gasteiger partial charge on any atom is 0.323 e. The first-order valence-electron chi connectivity index (χ1n) is 6.64. The summed E-state index contributed by atoms with van der Waals surface area (Å²) in [5.74, 6) is -0.479. The first kappa shape index (κ1) is 12.8. The standard InChI is InChI=1S/C14H15N3O3/c1-8-2-3-11-9(4-8)5-10-13(16-11)15-7-17(14(10)20)6-12(18)19/h5,7-8H,2-4,6H2,1H3,(H,18,19). The van der Waals surface area contributed by atoms with Crippen LogP contribution in [0.5, 0.6) is 0 Å². The SMILES string of the molecule is CC1CCc2nc3ncn(CC(=O)O)c(=O)c3cc2C1. The van der Waals surface area contributed by atoms with Crippen molar-refractivity contribution < 1.29 is 9.90 Å². The van der Waals surface area contributed by atoms with Crippen LogP contribution in [0.15, 0.2) is 17.2 Å². The van der Waals surface area contributed by atoms with Crippen molar-refractivity contribution in [3.05, 3.63) is 34.0 Å². The summed E-state index contributed by atoms with van der Waals surface area (Å²) in [5.41, 5.74) is 2.16. The molecular formula is C14H15N3O3. The molecule has 104 valence electrons. The molecule has 1 aliphatic rings. The fourth-order valence-electron chi connectivity index (χ4n) is 2.68. The van der Waals surface area contributed by atoms with Crippen LogP contribution in [0.3, 0.4) is 0 Å². The Bertz CT molecular complexity index is 751. The quantitative estimate of drug-likeness (QED) is 0.882. The van der Waals surface area contributed by atoms with Gasteiger partial charge in [0.2, 0.25) is 0 Å². The van der Waals surface area contributed by atoms with Crippen molar-refractivity contribution in [1.29, 1.82) is 0 Å². The number of carboxylic acids is 1. The molecule has 1 unspecified atom stereocenters. The summed E-state index contributed by atoms with van der Waals surface area (Å²) in [6.45, 7) is 1.80. The summed E-state index contributed by atoms with van der Waals surface area (Å²) in [6, 6.07) is 1.83. The van der Waals surface area contributed by atoms with E-state index in [9.17, 15) is 9.59 Å². The normalized spacial score (nSPS) is 17.9. The fourth-order valence-corrected chi connectivity index (χ4v) is 2.68. The van der Waals surface area contributed by atoms with E-state index in [1.807, 2.05) is 6.07 Å². The van der Waals surface area contributed by atoms with Gasteiger partial charge in [-0.25, -0.2) is 9.97 Å². The van der Waals surface area contributed by atoms with Crippen LogP contribution in [-0.2, 0) is 24.2 Å². The molecule has 0 aromatic carbocycles. The number of fused-ring (bicyclic) bond motifs is 2. The van der Waals surface area contributed by atoms with E-state index >= 15 is 0 Å². The number of carbonyl (C=O) groups is 1. The maximum atomic E-state index is 12.3. The lowest BCUT2D eigenvalue weighted by Crippen LogP contribution is -2.25. The van der Waals surface area contributed by atoms with Crippen LogP contribution in [0.2, 0.25) is 0 Å². The largest absolute Gasteiger partial charge is 0.480 e. The Morgan fingerprint density at radius 1 is 1.55 bits per heavy atom. The van der Waals surface area contributed by atoms with Crippen molar-refractivity contribution in [1.82, 2.24) is 14.5 Å². The van der Waals surface area contributed by atoms with E-state index in [4.69, 9.17) is 5.11 Å². The van der Waals surface area contributed by atoms with Gasteiger partial charge in [-0.2, -0.15) is 0 Å². The number of aliphatic carboxylic acids is 1. The van der Waals surface area contributed by atoms with Gasteiger partial charge in [0.1, 0.15) is 12.9 Å². The van der Waals surface area contributed by atoms with Crippen LogP contribution in [0.1, 0.15) is 24.6 Å². The summed E-state index contributed by atoms with van der Waals surface area (Å²) in [4.78, 5) is 31.6. The second-order valence-electron chi connectivity index (χ2n) is 5.38. The summed E-state index contributed by atoms with van der Waals surface area (Å²) in [6.07, 6.45) is 4.17. The monoisotopic (exact) mass is 273 g/mol. The molecule has 2 aromatic heterocycles. The van der Waals surface area contributed by atoms with Crippen molar-refractivity contribution in [3.8, 4) is 0 Å². The Labute approximate surface area is 115 Å². The predicted octanol–water partition coefficient (Wildman–Crippen LogP) is 1.00.